The maximum atomic E-state index is 3.94. The third-order valence-corrected chi connectivity index (χ3v) is 9.18. The monoisotopic (exact) mass is 689 g/mol. The Hall–Kier alpha value is -5.16. The number of allylic oxidation sites excluding steroid dienone is 14. The van der Waals surface area contributed by atoms with Gasteiger partial charge in [0, 0.05) is 5.57 Å². The van der Waals surface area contributed by atoms with Crippen LogP contribution in [0.1, 0.15) is 80.8 Å². The van der Waals surface area contributed by atoms with Gasteiger partial charge in [-0.3, -0.25) is 0 Å². The Morgan fingerprint density at radius 1 is 0.808 bits per heavy atom. The first kappa shape index (κ1) is 44.9. The van der Waals surface area contributed by atoms with Crippen LogP contribution in [0.3, 0.4) is 0 Å². The van der Waals surface area contributed by atoms with Gasteiger partial charge in [-0.15, -0.1) is 32.0 Å². The van der Waals surface area contributed by atoms with Gasteiger partial charge in [0.15, 0.2) is 0 Å². The fourth-order valence-corrected chi connectivity index (χ4v) is 5.61. The Balaban J connectivity index is 0.000000394. The van der Waals surface area contributed by atoms with Crippen LogP contribution in [0.25, 0.3) is 16.7 Å². The highest BCUT2D eigenvalue weighted by atomic mass is 14.2. The minimum Gasteiger partial charge on any atom is -0.119 e. The summed E-state index contributed by atoms with van der Waals surface area (Å²) in [4.78, 5) is 0. The average molecular weight is 689 g/mol. The standard InChI is InChI=1S/C24H22.2C8H12.C8H10.2C2H4/c1-5-8-9-18(6-2)22(7-3)21-13-12-20-15-19-11-10-17(4)14-23(19)24(20)16-21;1-7-3-5-8(2)6-4-7;2*1-7-5-3-4-6-8(7)2;2*1-2/h5-6,8-14,16H,2-3,15H2,1,4H3;2*3-5,8H,6H2,1-2H3;3-6H,1-2H3;2*1-2H2/b8-5-,18-9+;;;;;. The molecule has 0 nitrogen and oxygen atoms in total. The molecule has 6 rings (SSSR count). The van der Waals surface area contributed by atoms with Crippen molar-refractivity contribution in [3.8, 4) is 11.1 Å². The van der Waals surface area contributed by atoms with Gasteiger partial charge in [-0.1, -0.05) is 159 Å². The van der Waals surface area contributed by atoms with E-state index in [0.717, 1.165) is 35.0 Å². The Kier molecular flexibility index (Phi) is 21.5. The average Bonchev–Trinajstić information content (AvgIpc) is 3.53. The minimum atomic E-state index is 0.763. The van der Waals surface area contributed by atoms with E-state index < -0.39 is 0 Å². The molecule has 0 saturated heterocycles. The predicted octanol–water partition coefficient (Wildman–Crippen LogP) is 15.4. The van der Waals surface area contributed by atoms with E-state index in [1.165, 1.54) is 62.9 Å². The molecule has 0 N–H and O–H groups in total. The van der Waals surface area contributed by atoms with Crippen molar-refractivity contribution in [2.24, 2.45) is 11.8 Å². The summed E-state index contributed by atoms with van der Waals surface area (Å²) in [7, 11) is 0. The topological polar surface area (TPSA) is 0 Å². The van der Waals surface area contributed by atoms with E-state index in [2.05, 4.69) is 191 Å². The number of fused-ring (bicyclic) bond motifs is 3. The molecule has 0 heterocycles. The van der Waals surface area contributed by atoms with Crippen LogP contribution in [-0.4, -0.2) is 0 Å². The van der Waals surface area contributed by atoms with Crippen LogP contribution < -0.4 is 0 Å². The second kappa shape index (κ2) is 24.9. The van der Waals surface area contributed by atoms with Crippen LogP contribution in [-0.2, 0) is 6.42 Å². The first-order valence-corrected chi connectivity index (χ1v) is 18.4. The van der Waals surface area contributed by atoms with E-state index in [0.29, 0.717) is 0 Å². The Bertz CT molecular complexity index is 1800. The third kappa shape index (κ3) is 14.6. The molecular weight excluding hydrogens is 625 g/mol. The van der Waals surface area contributed by atoms with Crippen molar-refractivity contribution in [2.75, 3.05) is 0 Å². The van der Waals surface area contributed by atoms with E-state index in [-0.39, 0.29) is 0 Å². The number of hydrogen-bond acceptors (Lipinski definition) is 0. The molecule has 0 spiro atoms. The summed E-state index contributed by atoms with van der Waals surface area (Å²) in [6.07, 6.45) is 24.7. The summed E-state index contributed by atoms with van der Waals surface area (Å²) in [5, 5.41) is 0. The lowest BCUT2D eigenvalue weighted by molar-refractivity contribution is 0.687. The largest absolute Gasteiger partial charge is 0.119 e. The Morgan fingerprint density at radius 2 is 1.42 bits per heavy atom. The lowest BCUT2D eigenvalue weighted by atomic mass is 9.94. The van der Waals surface area contributed by atoms with Crippen molar-refractivity contribution in [3.05, 3.63) is 217 Å². The maximum absolute atomic E-state index is 3.94. The van der Waals surface area contributed by atoms with Crippen molar-refractivity contribution >= 4 is 5.57 Å². The summed E-state index contributed by atoms with van der Waals surface area (Å²) in [6, 6.07) is 21.7. The molecule has 272 valence electrons. The molecule has 0 fully saturated rings. The van der Waals surface area contributed by atoms with E-state index >= 15 is 0 Å². The van der Waals surface area contributed by atoms with Gasteiger partial charge in [-0.2, -0.15) is 0 Å². The highest BCUT2D eigenvalue weighted by molar-refractivity contribution is 5.86. The molecular formula is C52H64. The lowest BCUT2D eigenvalue weighted by Gasteiger charge is -2.11. The number of aryl methyl sites for hydroxylation is 3. The van der Waals surface area contributed by atoms with Crippen molar-refractivity contribution < 1.29 is 0 Å². The molecule has 2 atom stereocenters. The molecule has 3 aromatic carbocycles. The quantitative estimate of drug-likeness (QED) is 0.114. The van der Waals surface area contributed by atoms with Crippen LogP contribution in [0.15, 0.2) is 183 Å². The maximum Gasteiger partial charge on any atom is 0.0303 e. The molecule has 0 bridgehead atoms. The zero-order valence-electron chi connectivity index (χ0n) is 33.6. The first-order valence-electron chi connectivity index (χ1n) is 18.4. The molecule has 3 aliphatic carbocycles. The van der Waals surface area contributed by atoms with Gasteiger partial charge in [0.05, 0.1) is 0 Å². The van der Waals surface area contributed by atoms with Gasteiger partial charge in [-0.25, -0.2) is 0 Å². The fraction of sp³-hybridized carbons (Fsp3) is 0.250. The van der Waals surface area contributed by atoms with Gasteiger partial charge in [0.2, 0.25) is 0 Å². The molecule has 0 aliphatic heterocycles. The highest BCUT2D eigenvalue weighted by Crippen LogP contribution is 2.39. The normalized spacial score (nSPS) is 16.0. The first-order chi connectivity index (χ1) is 25.1. The Morgan fingerprint density at radius 3 is 1.88 bits per heavy atom. The molecule has 0 amide bonds. The third-order valence-electron chi connectivity index (χ3n) is 9.18. The Labute approximate surface area is 318 Å². The zero-order valence-corrected chi connectivity index (χ0v) is 33.6. The van der Waals surface area contributed by atoms with Gasteiger partial charge < -0.3 is 0 Å². The van der Waals surface area contributed by atoms with Crippen molar-refractivity contribution in [1.82, 2.24) is 0 Å². The van der Waals surface area contributed by atoms with Crippen LogP contribution in [0, 0.1) is 32.6 Å². The van der Waals surface area contributed by atoms with Crippen LogP contribution in [0.4, 0.5) is 0 Å². The van der Waals surface area contributed by atoms with Gasteiger partial charge in [-0.05, 0) is 123 Å². The summed E-state index contributed by atoms with van der Waals surface area (Å²) < 4.78 is 0. The molecule has 0 radical (unpaired) electrons. The van der Waals surface area contributed by atoms with E-state index in [1.807, 2.05) is 31.2 Å². The number of hydrogen-bond donors (Lipinski definition) is 0. The van der Waals surface area contributed by atoms with Crippen molar-refractivity contribution in [2.45, 2.75) is 74.7 Å². The van der Waals surface area contributed by atoms with Crippen LogP contribution in [0.5, 0.6) is 0 Å². The predicted molar refractivity (Wildman–Crippen MR) is 237 cm³/mol. The number of benzene rings is 3. The van der Waals surface area contributed by atoms with Crippen LogP contribution in [0.2, 0.25) is 0 Å². The zero-order chi connectivity index (χ0) is 39.1. The second-order valence-electron chi connectivity index (χ2n) is 13.2. The molecule has 3 aromatic rings. The van der Waals surface area contributed by atoms with E-state index in [1.54, 1.807) is 0 Å². The van der Waals surface area contributed by atoms with E-state index in [4.69, 9.17) is 0 Å². The summed E-state index contributed by atoms with van der Waals surface area (Å²) in [5.74, 6) is 1.54. The van der Waals surface area contributed by atoms with Crippen molar-refractivity contribution in [1.29, 1.82) is 0 Å². The van der Waals surface area contributed by atoms with Crippen LogP contribution >= 0.6 is 0 Å². The molecule has 3 aliphatic rings. The summed E-state index contributed by atoms with van der Waals surface area (Å²) >= 11 is 0. The summed E-state index contributed by atoms with van der Waals surface area (Å²) in [5.41, 5.74) is 18.7. The minimum absolute atomic E-state index is 0.763. The highest BCUT2D eigenvalue weighted by Gasteiger charge is 2.19. The molecule has 2 unspecified atom stereocenters. The van der Waals surface area contributed by atoms with Gasteiger partial charge in [0.25, 0.3) is 0 Å². The lowest BCUT2D eigenvalue weighted by Crippen LogP contribution is -1.96. The smallest absolute Gasteiger partial charge is 0.0303 e. The molecule has 0 heteroatoms. The van der Waals surface area contributed by atoms with Gasteiger partial charge >= 0.3 is 0 Å². The molecule has 0 saturated carbocycles. The fourth-order valence-electron chi connectivity index (χ4n) is 5.61. The SMILES string of the molecule is C=C.C=C.C=C=C(/C(C=C)=C/C=C\C)c1ccc2c(c1)-c1cc(C)ccc1C2.CC1=CC=CCC1C.CC1=CCC(C)C=C1.Cc1ccccc1C. The van der Waals surface area contributed by atoms with Gasteiger partial charge in [0.1, 0.15) is 0 Å². The van der Waals surface area contributed by atoms with Crippen molar-refractivity contribution in [3.63, 3.8) is 0 Å². The summed E-state index contributed by atoms with van der Waals surface area (Å²) in [6.45, 7) is 37.0. The molecule has 0 aromatic heterocycles. The molecule has 52 heavy (non-hydrogen) atoms. The van der Waals surface area contributed by atoms with E-state index in [9.17, 15) is 0 Å². The second-order valence-corrected chi connectivity index (χ2v) is 13.2. The number of rotatable bonds is 4.